The fourth-order valence-corrected chi connectivity index (χ4v) is 4.79. The van der Waals surface area contributed by atoms with Crippen molar-refractivity contribution in [1.82, 2.24) is 0 Å². The topological polar surface area (TPSA) is 77.8 Å². The predicted octanol–water partition coefficient (Wildman–Crippen LogP) is 8.96. The molecule has 0 spiro atoms. The maximum absolute atomic E-state index is 10.4. The van der Waals surface area contributed by atoms with Gasteiger partial charge in [0.05, 0.1) is 12.2 Å². The van der Waals surface area contributed by atoms with E-state index in [1.165, 1.54) is 109 Å². The van der Waals surface area contributed by atoms with Crippen LogP contribution in [-0.4, -0.2) is 33.5 Å². The maximum atomic E-state index is 10.4. The lowest BCUT2D eigenvalue weighted by molar-refractivity contribution is -0.137. The molecule has 0 rings (SSSR count). The molecule has 0 bridgehead atoms. The SMILES string of the molecule is CCCCCCCCCCCCC(O)CCC(O)CCCCCCCCCCCCCC(=O)O. The quantitative estimate of drug-likeness (QED) is 0.0968. The Bertz CT molecular complexity index is 413. The van der Waals surface area contributed by atoms with Crippen LogP contribution in [0.1, 0.15) is 174 Å². The van der Waals surface area contributed by atoms with E-state index in [4.69, 9.17) is 5.11 Å². The Labute approximate surface area is 212 Å². The highest BCUT2D eigenvalue weighted by molar-refractivity contribution is 5.66. The molecule has 2 atom stereocenters. The summed E-state index contributed by atoms with van der Waals surface area (Å²) in [6.07, 6.45) is 29.3. The molecule has 3 N–H and O–H groups in total. The van der Waals surface area contributed by atoms with Crippen molar-refractivity contribution in [2.24, 2.45) is 0 Å². The first-order valence-electron chi connectivity index (χ1n) is 15.1. The van der Waals surface area contributed by atoms with Crippen molar-refractivity contribution in [2.45, 2.75) is 186 Å². The molecule has 0 amide bonds. The van der Waals surface area contributed by atoms with Crippen molar-refractivity contribution in [3.05, 3.63) is 0 Å². The van der Waals surface area contributed by atoms with Crippen molar-refractivity contribution in [2.75, 3.05) is 0 Å². The number of aliphatic carboxylic acids is 1. The molecule has 0 radical (unpaired) electrons. The van der Waals surface area contributed by atoms with Gasteiger partial charge in [0.1, 0.15) is 0 Å². The number of aliphatic hydroxyl groups excluding tert-OH is 2. The minimum Gasteiger partial charge on any atom is -0.481 e. The zero-order valence-electron chi connectivity index (χ0n) is 22.8. The van der Waals surface area contributed by atoms with E-state index in [1.54, 1.807) is 0 Å². The second-order valence-electron chi connectivity index (χ2n) is 10.7. The Morgan fingerprint density at radius 1 is 0.471 bits per heavy atom. The third-order valence-electron chi connectivity index (χ3n) is 7.15. The molecule has 34 heavy (non-hydrogen) atoms. The van der Waals surface area contributed by atoms with Crippen molar-refractivity contribution >= 4 is 5.97 Å². The Hall–Kier alpha value is -0.610. The first-order chi connectivity index (χ1) is 16.6. The van der Waals surface area contributed by atoms with Gasteiger partial charge in [-0.15, -0.1) is 0 Å². The van der Waals surface area contributed by atoms with Gasteiger partial charge in [0.2, 0.25) is 0 Å². The Morgan fingerprint density at radius 2 is 0.765 bits per heavy atom. The van der Waals surface area contributed by atoms with Crippen LogP contribution in [-0.2, 0) is 4.79 Å². The van der Waals surface area contributed by atoms with Crippen LogP contribution in [0.4, 0.5) is 0 Å². The lowest BCUT2D eigenvalue weighted by Crippen LogP contribution is -2.13. The van der Waals surface area contributed by atoms with Crippen LogP contribution in [0, 0.1) is 0 Å². The number of unbranched alkanes of at least 4 members (excludes halogenated alkanes) is 19. The Morgan fingerprint density at radius 3 is 1.09 bits per heavy atom. The monoisotopic (exact) mass is 484 g/mol. The van der Waals surface area contributed by atoms with E-state index in [-0.39, 0.29) is 12.2 Å². The van der Waals surface area contributed by atoms with Gasteiger partial charge in [0.15, 0.2) is 0 Å². The summed E-state index contributed by atoms with van der Waals surface area (Å²) in [4.78, 5) is 10.4. The summed E-state index contributed by atoms with van der Waals surface area (Å²) in [5.74, 6) is -0.676. The highest BCUT2D eigenvalue weighted by Crippen LogP contribution is 2.17. The van der Waals surface area contributed by atoms with Crippen LogP contribution >= 0.6 is 0 Å². The molecule has 0 saturated heterocycles. The molecule has 0 fully saturated rings. The summed E-state index contributed by atoms with van der Waals surface area (Å²) in [6.45, 7) is 2.26. The van der Waals surface area contributed by atoms with Gasteiger partial charge in [-0.1, -0.05) is 135 Å². The molecule has 204 valence electrons. The van der Waals surface area contributed by atoms with Crippen LogP contribution < -0.4 is 0 Å². The lowest BCUT2D eigenvalue weighted by atomic mass is 9.99. The molecule has 0 aliphatic rings. The predicted molar refractivity (Wildman–Crippen MR) is 145 cm³/mol. The average molecular weight is 485 g/mol. The number of hydrogen-bond donors (Lipinski definition) is 3. The number of carboxylic acid groups (broad SMARTS) is 1. The van der Waals surface area contributed by atoms with Gasteiger partial charge in [0, 0.05) is 6.42 Å². The van der Waals surface area contributed by atoms with Crippen molar-refractivity contribution in [1.29, 1.82) is 0 Å². The largest absolute Gasteiger partial charge is 0.481 e. The number of hydrogen-bond acceptors (Lipinski definition) is 3. The maximum Gasteiger partial charge on any atom is 0.303 e. The number of aliphatic hydroxyl groups is 2. The molecule has 0 aliphatic carbocycles. The van der Waals surface area contributed by atoms with Crippen LogP contribution in [0.3, 0.4) is 0 Å². The molecule has 0 saturated carbocycles. The number of carbonyl (C=O) groups is 1. The fraction of sp³-hybridized carbons (Fsp3) is 0.967. The Kier molecular flexibility index (Phi) is 26.5. The molecule has 2 unspecified atom stereocenters. The van der Waals surface area contributed by atoms with Gasteiger partial charge in [-0.05, 0) is 32.1 Å². The first-order valence-corrected chi connectivity index (χ1v) is 15.1. The van der Waals surface area contributed by atoms with Gasteiger partial charge >= 0.3 is 5.97 Å². The third-order valence-corrected chi connectivity index (χ3v) is 7.15. The molecule has 4 nitrogen and oxygen atoms in total. The van der Waals surface area contributed by atoms with Gasteiger partial charge in [-0.3, -0.25) is 4.79 Å². The average Bonchev–Trinajstić information content (AvgIpc) is 2.81. The minimum atomic E-state index is -0.676. The van der Waals surface area contributed by atoms with Crippen LogP contribution in [0.15, 0.2) is 0 Å². The van der Waals surface area contributed by atoms with E-state index in [0.29, 0.717) is 6.42 Å². The number of rotatable bonds is 28. The molecular formula is C30H60O4. The molecule has 0 aromatic heterocycles. The van der Waals surface area contributed by atoms with Crippen molar-refractivity contribution < 1.29 is 20.1 Å². The smallest absolute Gasteiger partial charge is 0.303 e. The lowest BCUT2D eigenvalue weighted by Gasteiger charge is -2.14. The number of carboxylic acids is 1. The van der Waals surface area contributed by atoms with Gasteiger partial charge < -0.3 is 15.3 Å². The highest BCUT2D eigenvalue weighted by atomic mass is 16.4. The summed E-state index contributed by atoms with van der Waals surface area (Å²) in [5.41, 5.74) is 0. The molecule has 0 aliphatic heterocycles. The van der Waals surface area contributed by atoms with Crippen LogP contribution in [0.2, 0.25) is 0 Å². The zero-order valence-corrected chi connectivity index (χ0v) is 22.8. The standard InChI is InChI=1S/C30H60O4/c1-2-3-4-5-6-7-11-14-17-20-23-28(31)26-27-29(32)24-21-18-15-12-9-8-10-13-16-19-22-25-30(33)34/h28-29,31-32H,2-27H2,1H3,(H,33,34). The highest BCUT2D eigenvalue weighted by Gasteiger charge is 2.09. The van der Waals surface area contributed by atoms with E-state index < -0.39 is 5.97 Å². The van der Waals surface area contributed by atoms with Crippen molar-refractivity contribution in [3.8, 4) is 0 Å². The summed E-state index contributed by atoms with van der Waals surface area (Å²) in [5, 5.41) is 29.0. The second kappa shape index (κ2) is 27.0. The molecule has 0 aromatic carbocycles. The van der Waals surface area contributed by atoms with E-state index in [2.05, 4.69) is 6.92 Å². The van der Waals surface area contributed by atoms with Gasteiger partial charge in [-0.25, -0.2) is 0 Å². The fourth-order valence-electron chi connectivity index (χ4n) is 4.79. The third kappa shape index (κ3) is 27.6. The summed E-state index contributed by atoms with van der Waals surface area (Å²) < 4.78 is 0. The normalized spacial score (nSPS) is 13.3. The van der Waals surface area contributed by atoms with E-state index in [1.807, 2.05) is 0 Å². The van der Waals surface area contributed by atoms with Crippen molar-refractivity contribution in [3.63, 3.8) is 0 Å². The van der Waals surface area contributed by atoms with Crippen LogP contribution in [0.25, 0.3) is 0 Å². The van der Waals surface area contributed by atoms with Crippen LogP contribution in [0.5, 0.6) is 0 Å². The molecule has 0 aromatic rings. The Balaban J connectivity index is 3.29. The van der Waals surface area contributed by atoms with Gasteiger partial charge in [-0.2, -0.15) is 0 Å². The summed E-state index contributed by atoms with van der Waals surface area (Å²) >= 11 is 0. The van der Waals surface area contributed by atoms with E-state index in [9.17, 15) is 15.0 Å². The molecular weight excluding hydrogens is 424 g/mol. The van der Waals surface area contributed by atoms with E-state index in [0.717, 1.165) is 51.4 Å². The molecule has 4 heteroatoms. The summed E-state index contributed by atoms with van der Waals surface area (Å²) in [6, 6.07) is 0. The zero-order chi connectivity index (χ0) is 25.1. The minimum absolute atomic E-state index is 0.235. The van der Waals surface area contributed by atoms with E-state index >= 15 is 0 Å². The first kappa shape index (κ1) is 33.4. The second-order valence-corrected chi connectivity index (χ2v) is 10.7. The molecule has 0 heterocycles. The van der Waals surface area contributed by atoms with Gasteiger partial charge in [0.25, 0.3) is 0 Å². The summed E-state index contributed by atoms with van der Waals surface area (Å²) in [7, 11) is 0.